The van der Waals surface area contributed by atoms with Crippen molar-refractivity contribution in [3.05, 3.63) is 93.3 Å². The first-order chi connectivity index (χ1) is 17.0. The molecule has 1 N–H and O–H groups in total. The van der Waals surface area contributed by atoms with Gasteiger partial charge in [0, 0.05) is 0 Å². The van der Waals surface area contributed by atoms with Crippen LogP contribution in [0.5, 0.6) is 11.5 Å². The van der Waals surface area contributed by atoms with E-state index in [9.17, 15) is 14.7 Å². The lowest BCUT2D eigenvalue weighted by Crippen LogP contribution is -2.29. The number of fused-ring (bicyclic) bond motifs is 3. The standard InChI is InChI=1S/C27H20N2O5S/c1-3-14-8-10-17-21(12-14)35-27(28-17)29-23(15-9-11-18(30)20(13-15)33-2)22-24(31)16-6-4-5-7-19(16)34-25(22)26(29)32/h4-13,23,30H,3H2,1-2H3/t23-/m1/s1. The molecule has 1 atom stereocenters. The number of aryl methyl sites for hydroxylation is 1. The van der Waals surface area contributed by atoms with E-state index in [4.69, 9.17) is 14.1 Å². The number of methoxy groups -OCH3 is 1. The molecular weight excluding hydrogens is 464 g/mol. The summed E-state index contributed by atoms with van der Waals surface area (Å²) < 4.78 is 12.3. The van der Waals surface area contributed by atoms with E-state index in [0.717, 1.165) is 16.6 Å². The Morgan fingerprint density at radius 2 is 1.94 bits per heavy atom. The predicted molar refractivity (Wildman–Crippen MR) is 135 cm³/mol. The Hall–Kier alpha value is -4.17. The van der Waals surface area contributed by atoms with Gasteiger partial charge in [-0.2, -0.15) is 0 Å². The average Bonchev–Trinajstić information content (AvgIpc) is 3.42. The molecule has 5 aromatic rings. The van der Waals surface area contributed by atoms with E-state index in [-0.39, 0.29) is 28.3 Å². The molecule has 0 unspecified atom stereocenters. The van der Waals surface area contributed by atoms with Crippen LogP contribution in [-0.2, 0) is 6.42 Å². The summed E-state index contributed by atoms with van der Waals surface area (Å²) in [5.74, 6) is -0.232. The van der Waals surface area contributed by atoms with Crippen molar-refractivity contribution in [2.75, 3.05) is 12.0 Å². The molecule has 2 aromatic heterocycles. The van der Waals surface area contributed by atoms with Crippen molar-refractivity contribution < 1.29 is 19.1 Å². The third-order valence-corrected chi connectivity index (χ3v) is 7.37. The highest BCUT2D eigenvalue weighted by Crippen LogP contribution is 2.45. The van der Waals surface area contributed by atoms with Crippen LogP contribution in [0.2, 0.25) is 0 Å². The molecule has 174 valence electrons. The zero-order valence-corrected chi connectivity index (χ0v) is 19.8. The smallest absolute Gasteiger partial charge is 0.297 e. The summed E-state index contributed by atoms with van der Waals surface area (Å²) in [4.78, 5) is 33.7. The average molecular weight is 485 g/mol. The number of benzene rings is 3. The van der Waals surface area contributed by atoms with Crippen LogP contribution in [0.1, 0.15) is 40.2 Å². The number of rotatable bonds is 4. The third-order valence-electron chi connectivity index (χ3n) is 6.35. The first-order valence-corrected chi connectivity index (χ1v) is 12.0. The van der Waals surface area contributed by atoms with E-state index in [1.807, 2.05) is 12.1 Å². The molecule has 0 fully saturated rings. The van der Waals surface area contributed by atoms with Crippen molar-refractivity contribution in [3.63, 3.8) is 0 Å². The molecule has 7 nitrogen and oxygen atoms in total. The van der Waals surface area contributed by atoms with Crippen molar-refractivity contribution in [1.82, 2.24) is 4.98 Å². The number of aromatic hydroxyl groups is 1. The van der Waals surface area contributed by atoms with Crippen LogP contribution in [-0.4, -0.2) is 23.1 Å². The maximum atomic E-state index is 13.8. The first kappa shape index (κ1) is 21.4. The number of phenolic OH excluding ortho intramolecular Hbond substituents is 1. The monoisotopic (exact) mass is 484 g/mol. The van der Waals surface area contributed by atoms with Gasteiger partial charge >= 0.3 is 0 Å². The number of anilines is 1. The molecule has 0 saturated heterocycles. The number of nitrogens with zero attached hydrogens (tertiary/aromatic N) is 2. The molecule has 0 spiro atoms. The van der Waals surface area contributed by atoms with Gasteiger partial charge < -0.3 is 14.3 Å². The summed E-state index contributed by atoms with van der Waals surface area (Å²) in [6, 6.07) is 16.9. The van der Waals surface area contributed by atoms with Gasteiger partial charge in [0.1, 0.15) is 5.58 Å². The van der Waals surface area contributed by atoms with E-state index < -0.39 is 11.9 Å². The molecular formula is C27H20N2O5S. The van der Waals surface area contributed by atoms with Crippen LogP contribution < -0.4 is 15.1 Å². The highest BCUT2D eigenvalue weighted by Gasteiger charge is 2.45. The molecule has 1 aliphatic rings. The van der Waals surface area contributed by atoms with Crippen molar-refractivity contribution in [2.24, 2.45) is 0 Å². The normalized spacial score (nSPS) is 15.2. The summed E-state index contributed by atoms with van der Waals surface area (Å²) in [6.07, 6.45) is 0.887. The maximum Gasteiger partial charge on any atom is 0.297 e. The number of aromatic nitrogens is 1. The molecule has 0 aliphatic carbocycles. The van der Waals surface area contributed by atoms with Gasteiger partial charge in [-0.05, 0) is 53.9 Å². The largest absolute Gasteiger partial charge is 0.504 e. The minimum Gasteiger partial charge on any atom is -0.504 e. The van der Waals surface area contributed by atoms with Gasteiger partial charge in [0.25, 0.3) is 5.91 Å². The van der Waals surface area contributed by atoms with E-state index in [1.165, 1.54) is 35.0 Å². The summed E-state index contributed by atoms with van der Waals surface area (Å²) in [5, 5.41) is 11.0. The number of para-hydroxylation sites is 1. The van der Waals surface area contributed by atoms with Crippen molar-refractivity contribution >= 4 is 43.6 Å². The Labute approximate surface area is 203 Å². The summed E-state index contributed by atoms with van der Waals surface area (Å²) >= 11 is 1.39. The van der Waals surface area contributed by atoms with Crippen molar-refractivity contribution in [3.8, 4) is 11.5 Å². The second-order valence-corrected chi connectivity index (χ2v) is 9.34. The Balaban J connectivity index is 1.62. The number of hydrogen-bond donors (Lipinski definition) is 1. The van der Waals surface area contributed by atoms with Crippen LogP contribution in [0.4, 0.5) is 5.13 Å². The highest BCUT2D eigenvalue weighted by molar-refractivity contribution is 7.22. The van der Waals surface area contributed by atoms with Gasteiger partial charge in [0.2, 0.25) is 5.76 Å². The van der Waals surface area contributed by atoms with Crippen LogP contribution in [0.3, 0.4) is 0 Å². The molecule has 0 saturated carbocycles. The van der Waals surface area contributed by atoms with Crippen LogP contribution >= 0.6 is 11.3 Å². The molecule has 1 aliphatic heterocycles. The minimum absolute atomic E-state index is 0.000699. The summed E-state index contributed by atoms with van der Waals surface area (Å²) in [5.41, 5.74) is 2.87. The van der Waals surface area contributed by atoms with Gasteiger partial charge in [0.15, 0.2) is 22.1 Å². The lowest BCUT2D eigenvalue weighted by Gasteiger charge is -2.23. The third kappa shape index (κ3) is 3.21. The Kier molecular flexibility index (Phi) is 4.86. The fourth-order valence-electron chi connectivity index (χ4n) is 4.58. The number of carbonyl (C=O) groups is 1. The zero-order chi connectivity index (χ0) is 24.3. The first-order valence-electron chi connectivity index (χ1n) is 11.2. The van der Waals surface area contributed by atoms with Crippen LogP contribution in [0, 0.1) is 0 Å². The van der Waals surface area contributed by atoms with Gasteiger partial charge in [-0.3, -0.25) is 14.5 Å². The maximum absolute atomic E-state index is 13.8. The van der Waals surface area contributed by atoms with Crippen LogP contribution in [0.15, 0.2) is 69.9 Å². The van der Waals surface area contributed by atoms with E-state index in [2.05, 4.69) is 13.0 Å². The number of ether oxygens (including phenoxy) is 1. The fraction of sp³-hybridized carbons (Fsp3) is 0.148. The molecule has 1 amide bonds. The molecule has 0 radical (unpaired) electrons. The molecule has 35 heavy (non-hydrogen) atoms. The number of carbonyl (C=O) groups excluding carboxylic acids is 1. The molecule has 8 heteroatoms. The number of amides is 1. The topological polar surface area (TPSA) is 92.9 Å². The summed E-state index contributed by atoms with van der Waals surface area (Å²) in [6.45, 7) is 2.08. The summed E-state index contributed by atoms with van der Waals surface area (Å²) in [7, 11) is 1.45. The second kappa shape index (κ2) is 7.95. The number of phenols is 1. The SMILES string of the molecule is CCc1ccc2nc(N3C(=O)c4oc5ccccc5c(=O)c4[C@H]3c3ccc(O)c(OC)c3)sc2c1. The molecule has 3 aromatic carbocycles. The quantitative estimate of drug-likeness (QED) is 0.366. The molecule has 6 rings (SSSR count). The second-order valence-electron chi connectivity index (χ2n) is 8.33. The van der Waals surface area contributed by atoms with Gasteiger partial charge in [-0.25, -0.2) is 4.98 Å². The predicted octanol–water partition coefficient (Wildman–Crippen LogP) is 5.43. The lowest BCUT2D eigenvalue weighted by atomic mass is 9.98. The Bertz CT molecular complexity index is 1700. The Morgan fingerprint density at radius 1 is 1.11 bits per heavy atom. The van der Waals surface area contributed by atoms with Gasteiger partial charge in [-0.1, -0.05) is 42.5 Å². The highest BCUT2D eigenvalue weighted by atomic mass is 32.1. The molecule has 0 bridgehead atoms. The Morgan fingerprint density at radius 3 is 2.74 bits per heavy atom. The van der Waals surface area contributed by atoms with E-state index in [1.54, 1.807) is 36.4 Å². The van der Waals surface area contributed by atoms with Gasteiger partial charge in [-0.15, -0.1) is 0 Å². The van der Waals surface area contributed by atoms with E-state index >= 15 is 0 Å². The lowest BCUT2D eigenvalue weighted by molar-refractivity contribution is 0.0971. The number of thiazole rings is 1. The zero-order valence-electron chi connectivity index (χ0n) is 18.9. The fourth-order valence-corrected chi connectivity index (χ4v) is 5.63. The van der Waals surface area contributed by atoms with Crippen LogP contribution in [0.25, 0.3) is 21.2 Å². The van der Waals surface area contributed by atoms with Crippen molar-refractivity contribution in [1.29, 1.82) is 0 Å². The number of hydrogen-bond acceptors (Lipinski definition) is 7. The molecule has 3 heterocycles. The van der Waals surface area contributed by atoms with E-state index in [0.29, 0.717) is 21.7 Å². The minimum atomic E-state index is -0.793. The van der Waals surface area contributed by atoms with Gasteiger partial charge in [0.05, 0.1) is 34.3 Å². The van der Waals surface area contributed by atoms with Crippen molar-refractivity contribution in [2.45, 2.75) is 19.4 Å².